The topological polar surface area (TPSA) is 53.4 Å². The minimum Gasteiger partial charge on any atom is -0.391 e. The van der Waals surface area contributed by atoms with E-state index in [0.717, 1.165) is 17.0 Å². The van der Waals surface area contributed by atoms with Crippen LogP contribution in [-0.2, 0) is 6.42 Å². The number of carbonyl (C=O) groups is 1. The first kappa shape index (κ1) is 16.1. The number of carbonyl (C=O) groups excluding carboxylic acids is 1. The van der Waals surface area contributed by atoms with Gasteiger partial charge in [-0.25, -0.2) is 9.37 Å². The van der Waals surface area contributed by atoms with Crippen molar-refractivity contribution in [1.82, 2.24) is 9.88 Å². The molecule has 23 heavy (non-hydrogen) atoms. The van der Waals surface area contributed by atoms with Crippen LogP contribution in [0.5, 0.6) is 0 Å². The number of amides is 1. The van der Waals surface area contributed by atoms with Crippen LogP contribution in [0, 0.1) is 11.7 Å². The fraction of sp³-hybridized carbons (Fsp3) is 0.412. The Hall–Kier alpha value is -1.79. The number of likely N-dealkylation sites (tertiary alicyclic amines) is 1. The molecule has 0 radical (unpaired) electrons. The fourth-order valence-electron chi connectivity index (χ4n) is 2.71. The molecule has 6 heteroatoms. The Kier molecular flexibility index (Phi) is 4.73. The van der Waals surface area contributed by atoms with Crippen molar-refractivity contribution in [3.8, 4) is 0 Å². The van der Waals surface area contributed by atoms with E-state index in [1.807, 2.05) is 13.0 Å². The van der Waals surface area contributed by atoms with E-state index in [1.54, 1.807) is 16.3 Å². The highest BCUT2D eigenvalue weighted by molar-refractivity contribution is 7.09. The minimum atomic E-state index is -0.474. The Labute approximate surface area is 138 Å². The van der Waals surface area contributed by atoms with Crippen molar-refractivity contribution in [2.45, 2.75) is 25.9 Å². The maximum absolute atomic E-state index is 13.2. The summed E-state index contributed by atoms with van der Waals surface area (Å²) in [6.07, 6.45) is 0.834. The van der Waals surface area contributed by atoms with Gasteiger partial charge in [-0.05, 0) is 30.0 Å². The largest absolute Gasteiger partial charge is 0.391 e. The molecule has 0 spiro atoms. The lowest BCUT2D eigenvalue weighted by molar-refractivity contribution is 0.0245. The van der Waals surface area contributed by atoms with Gasteiger partial charge in [-0.2, -0.15) is 0 Å². The number of hydrogen-bond acceptors (Lipinski definition) is 4. The van der Waals surface area contributed by atoms with E-state index >= 15 is 0 Å². The summed E-state index contributed by atoms with van der Waals surface area (Å²) >= 11 is 1.40. The number of thiazole rings is 1. The number of β-amino-alcohol motifs (C(OH)–C–C–N with tert-alkyl or cyclic N) is 1. The van der Waals surface area contributed by atoms with Crippen molar-refractivity contribution in [3.05, 3.63) is 51.7 Å². The third kappa shape index (κ3) is 3.76. The van der Waals surface area contributed by atoms with Gasteiger partial charge in [-0.1, -0.05) is 19.1 Å². The zero-order valence-corrected chi connectivity index (χ0v) is 13.7. The van der Waals surface area contributed by atoms with Crippen molar-refractivity contribution in [1.29, 1.82) is 0 Å². The molecule has 4 nitrogen and oxygen atoms in total. The van der Waals surface area contributed by atoms with Crippen LogP contribution in [0.15, 0.2) is 29.6 Å². The van der Waals surface area contributed by atoms with Gasteiger partial charge in [0.25, 0.3) is 5.91 Å². The molecule has 1 aromatic heterocycles. The standard InChI is InChI=1S/C17H19FN2O2S/c1-11-5-6-20(9-15(11)21)17(22)14-10-23-16(19-14)8-12-3-2-4-13(18)7-12/h2-4,7,10-11,15,21H,5-6,8-9H2,1H3. The predicted molar refractivity (Wildman–Crippen MR) is 87.0 cm³/mol. The fourth-order valence-corrected chi connectivity index (χ4v) is 3.51. The summed E-state index contributed by atoms with van der Waals surface area (Å²) in [7, 11) is 0. The second-order valence-electron chi connectivity index (χ2n) is 6.02. The molecule has 1 N–H and O–H groups in total. The smallest absolute Gasteiger partial charge is 0.273 e. The molecule has 0 aliphatic carbocycles. The van der Waals surface area contributed by atoms with Gasteiger partial charge in [0.05, 0.1) is 11.1 Å². The SMILES string of the molecule is CC1CCN(C(=O)c2csc(Cc3cccc(F)c3)n2)CC1O. The molecule has 3 rings (SSSR count). The number of rotatable bonds is 3. The number of aliphatic hydroxyl groups is 1. The third-order valence-corrected chi connectivity index (χ3v) is 5.07. The van der Waals surface area contributed by atoms with Gasteiger partial charge >= 0.3 is 0 Å². The second-order valence-corrected chi connectivity index (χ2v) is 6.96. The monoisotopic (exact) mass is 334 g/mol. The number of piperidine rings is 1. The molecule has 1 aliphatic heterocycles. The normalized spacial score (nSPS) is 21.4. The van der Waals surface area contributed by atoms with Gasteiger partial charge in [0, 0.05) is 24.9 Å². The molecule has 1 amide bonds. The summed E-state index contributed by atoms with van der Waals surface area (Å²) in [4.78, 5) is 18.5. The summed E-state index contributed by atoms with van der Waals surface area (Å²) < 4.78 is 13.2. The van der Waals surface area contributed by atoms with Gasteiger partial charge in [-0.15, -0.1) is 11.3 Å². The molecule has 2 aromatic rings. The molecule has 1 aliphatic rings. The van der Waals surface area contributed by atoms with E-state index in [-0.39, 0.29) is 17.6 Å². The maximum Gasteiger partial charge on any atom is 0.273 e. The number of nitrogens with zero attached hydrogens (tertiary/aromatic N) is 2. The zero-order valence-electron chi connectivity index (χ0n) is 12.9. The van der Waals surface area contributed by atoms with Crippen molar-refractivity contribution in [3.63, 3.8) is 0 Å². The molecule has 1 saturated heterocycles. The molecule has 2 atom stereocenters. The Bertz CT molecular complexity index is 703. The highest BCUT2D eigenvalue weighted by atomic mass is 32.1. The molecule has 0 saturated carbocycles. The molecular formula is C17H19FN2O2S. The lowest BCUT2D eigenvalue weighted by atomic mass is 9.96. The van der Waals surface area contributed by atoms with Crippen LogP contribution in [-0.4, -0.2) is 40.1 Å². The van der Waals surface area contributed by atoms with E-state index in [2.05, 4.69) is 4.98 Å². The molecule has 122 valence electrons. The molecule has 1 aromatic carbocycles. The summed E-state index contributed by atoms with van der Waals surface area (Å²) in [5.41, 5.74) is 1.24. The number of hydrogen-bond donors (Lipinski definition) is 1. The van der Waals surface area contributed by atoms with Gasteiger partial charge in [-0.3, -0.25) is 4.79 Å². The Morgan fingerprint density at radius 2 is 2.35 bits per heavy atom. The van der Waals surface area contributed by atoms with Gasteiger partial charge in [0.1, 0.15) is 11.5 Å². The Balaban J connectivity index is 1.68. The average molecular weight is 334 g/mol. The summed E-state index contributed by atoms with van der Waals surface area (Å²) in [6, 6.07) is 6.39. The summed E-state index contributed by atoms with van der Waals surface area (Å²) in [6.45, 7) is 3.00. The van der Waals surface area contributed by atoms with Crippen LogP contribution in [0.4, 0.5) is 4.39 Å². The van der Waals surface area contributed by atoms with Gasteiger partial charge in [0.2, 0.25) is 0 Å². The first-order valence-corrected chi connectivity index (χ1v) is 8.57. The number of benzene rings is 1. The Morgan fingerprint density at radius 3 is 3.09 bits per heavy atom. The number of aromatic nitrogens is 1. The van der Waals surface area contributed by atoms with Crippen LogP contribution in [0.25, 0.3) is 0 Å². The lowest BCUT2D eigenvalue weighted by Crippen LogP contribution is -2.45. The van der Waals surface area contributed by atoms with E-state index in [1.165, 1.54) is 23.5 Å². The first-order chi connectivity index (χ1) is 11.0. The van der Waals surface area contributed by atoms with Gasteiger partial charge in [0.15, 0.2) is 0 Å². The average Bonchev–Trinajstić information content (AvgIpc) is 2.98. The molecule has 2 unspecified atom stereocenters. The third-order valence-electron chi connectivity index (χ3n) is 4.22. The predicted octanol–water partition coefficient (Wildman–Crippen LogP) is 2.72. The van der Waals surface area contributed by atoms with E-state index < -0.39 is 6.10 Å². The van der Waals surface area contributed by atoms with Crippen molar-refractivity contribution in [2.75, 3.05) is 13.1 Å². The maximum atomic E-state index is 13.2. The molecular weight excluding hydrogens is 315 g/mol. The highest BCUT2D eigenvalue weighted by Gasteiger charge is 2.28. The van der Waals surface area contributed by atoms with Crippen molar-refractivity contribution >= 4 is 17.2 Å². The first-order valence-electron chi connectivity index (χ1n) is 7.69. The van der Waals surface area contributed by atoms with Crippen LogP contribution >= 0.6 is 11.3 Å². The van der Waals surface area contributed by atoms with Crippen LogP contribution < -0.4 is 0 Å². The van der Waals surface area contributed by atoms with E-state index in [4.69, 9.17) is 0 Å². The zero-order chi connectivity index (χ0) is 16.4. The van der Waals surface area contributed by atoms with Crippen LogP contribution in [0.1, 0.15) is 34.4 Å². The quantitative estimate of drug-likeness (QED) is 0.939. The van der Waals surface area contributed by atoms with Crippen molar-refractivity contribution in [2.24, 2.45) is 5.92 Å². The van der Waals surface area contributed by atoms with Gasteiger partial charge < -0.3 is 10.0 Å². The second kappa shape index (κ2) is 6.76. The number of aliphatic hydroxyl groups excluding tert-OH is 1. The Morgan fingerprint density at radius 1 is 1.52 bits per heavy atom. The van der Waals surface area contributed by atoms with Crippen LogP contribution in [0.3, 0.4) is 0 Å². The minimum absolute atomic E-state index is 0.141. The van der Waals surface area contributed by atoms with E-state index in [9.17, 15) is 14.3 Å². The van der Waals surface area contributed by atoms with Crippen LogP contribution in [0.2, 0.25) is 0 Å². The number of halogens is 1. The highest BCUT2D eigenvalue weighted by Crippen LogP contribution is 2.21. The summed E-state index contributed by atoms with van der Waals surface area (Å²) in [5, 5.41) is 12.4. The molecule has 0 bridgehead atoms. The summed E-state index contributed by atoms with van der Waals surface area (Å²) in [5.74, 6) is -0.192. The van der Waals surface area contributed by atoms with E-state index in [0.29, 0.717) is 25.2 Å². The molecule has 2 heterocycles. The lowest BCUT2D eigenvalue weighted by Gasteiger charge is -2.33. The van der Waals surface area contributed by atoms with Crippen molar-refractivity contribution < 1.29 is 14.3 Å². The molecule has 1 fully saturated rings.